The minimum Gasteiger partial charge on any atom is -0.254 e. The summed E-state index contributed by atoms with van der Waals surface area (Å²) in [5, 5.41) is 6.40. The van der Waals surface area contributed by atoms with Crippen molar-refractivity contribution in [2.45, 2.75) is 13.8 Å². The number of aryl methyl sites for hydroxylation is 2. The molecule has 1 nitrogen and oxygen atoms in total. The summed E-state index contributed by atoms with van der Waals surface area (Å²) in [6, 6.07) is 17.5. The molecule has 0 saturated carbocycles. The standard InChI is InChI=1S/C21H15NS/c1-12-7-8-17-18-10-9-16-15-6-4-3-5-14(15)11-22-19(16)21(18)23-20(17)13(12)2/h3-11H,1-2H3. The largest absolute Gasteiger partial charge is 0.254 e. The fourth-order valence-corrected chi connectivity index (χ4v) is 4.81. The zero-order valence-corrected chi connectivity index (χ0v) is 13.9. The highest BCUT2D eigenvalue weighted by Gasteiger charge is 2.12. The monoisotopic (exact) mass is 313 g/mol. The highest BCUT2D eigenvalue weighted by atomic mass is 32.1. The Hall–Kier alpha value is -2.45. The normalized spacial score (nSPS) is 11.9. The van der Waals surface area contributed by atoms with Crippen molar-refractivity contribution < 1.29 is 0 Å². The number of nitrogens with zero attached hydrogens (tertiary/aromatic N) is 1. The van der Waals surface area contributed by atoms with E-state index in [1.807, 2.05) is 17.5 Å². The van der Waals surface area contributed by atoms with Gasteiger partial charge in [-0.2, -0.15) is 0 Å². The number of hydrogen-bond donors (Lipinski definition) is 0. The Morgan fingerprint density at radius 3 is 2.39 bits per heavy atom. The molecule has 5 rings (SSSR count). The van der Waals surface area contributed by atoms with Crippen molar-refractivity contribution in [3.05, 3.63) is 65.9 Å². The van der Waals surface area contributed by atoms with Crippen molar-refractivity contribution in [3.8, 4) is 0 Å². The molecule has 2 heteroatoms. The lowest BCUT2D eigenvalue weighted by Gasteiger charge is -2.04. The van der Waals surface area contributed by atoms with Crippen LogP contribution in [-0.2, 0) is 0 Å². The summed E-state index contributed by atoms with van der Waals surface area (Å²) in [4.78, 5) is 4.80. The van der Waals surface area contributed by atoms with Gasteiger partial charge in [-0.25, -0.2) is 0 Å². The molecule has 0 atom stereocenters. The molecule has 0 aliphatic carbocycles. The highest BCUT2D eigenvalue weighted by Crippen LogP contribution is 2.40. The Balaban J connectivity index is 2.04. The molecule has 0 aliphatic heterocycles. The summed E-state index contributed by atoms with van der Waals surface area (Å²) >= 11 is 1.88. The molecule has 0 aliphatic rings. The molecule has 0 N–H and O–H groups in total. The Kier molecular flexibility index (Phi) is 2.56. The van der Waals surface area contributed by atoms with Crippen LogP contribution in [0.15, 0.2) is 54.7 Å². The molecule has 23 heavy (non-hydrogen) atoms. The molecular formula is C21H15NS. The minimum absolute atomic E-state index is 1.12. The van der Waals surface area contributed by atoms with Crippen LogP contribution in [-0.4, -0.2) is 4.98 Å². The number of thiophene rings is 1. The van der Waals surface area contributed by atoms with E-state index in [9.17, 15) is 0 Å². The quantitative estimate of drug-likeness (QED) is 0.303. The van der Waals surface area contributed by atoms with E-state index in [0.29, 0.717) is 0 Å². The van der Waals surface area contributed by atoms with Gasteiger partial charge in [0.15, 0.2) is 0 Å². The average Bonchev–Trinajstić information content (AvgIpc) is 2.97. The number of benzene rings is 3. The summed E-state index contributed by atoms with van der Waals surface area (Å²) < 4.78 is 2.69. The first-order valence-corrected chi connectivity index (χ1v) is 8.64. The van der Waals surface area contributed by atoms with E-state index in [2.05, 4.69) is 62.4 Å². The number of fused-ring (bicyclic) bond motifs is 7. The molecule has 5 aromatic rings. The summed E-state index contributed by atoms with van der Waals surface area (Å²) in [5.74, 6) is 0. The first kappa shape index (κ1) is 13.0. The Labute approximate surface area is 138 Å². The number of aromatic nitrogens is 1. The van der Waals surface area contributed by atoms with E-state index in [0.717, 1.165) is 5.52 Å². The Bertz CT molecular complexity index is 1230. The summed E-state index contributed by atoms with van der Waals surface area (Å²) in [6.45, 7) is 4.40. The fourth-order valence-electron chi connectivity index (χ4n) is 3.46. The van der Waals surface area contributed by atoms with Crippen molar-refractivity contribution in [1.29, 1.82) is 0 Å². The van der Waals surface area contributed by atoms with Gasteiger partial charge in [0.05, 0.1) is 10.2 Å². The lowest BCUT2D eigenvalue weighted by atomic mass is 10.0. The molecule has 0 unspecified atom stereocenters. The van der Waals surface area contributed by atoms with E-state index in [1.165, 1.54) is 47.5 Å². The third kappa shape index (κ3) is 1.70. The topological polar surface area (TPSA) is 12.9 Å². The molecule has 2 heterocycles. The highest BCUT2D eigenvalue weighted by molar-refractivity contribution is 7.26. The van der Waals surface area contributed by atoms with E-state index >= 15 is 0 Å². The van der Waals surface area contributed by atoms with Gasteiger partial charge in [-0.15, -0.1) is 11.3 Å². The Morgan fingerprint density at radius 1 is 0.739 bits per heavy atom. The van der Waals surface area contributed by atoms with Crippen LogP contribution in [0.5, 0.6) is 0 Å². The van der Waals surface area contributed by atoms with Gasteiger partial charge in [0.1, 0.15) is 0 Å². The van der Waals surface area contributed by atoms with Gasteiger partial charge in [0.25, 0.3) is 0 Å². The lowest BCUT2D eigenvalue weighted by Crippen LogP contribution is -1.82. The maximum atomic E-state index is 4.80. The SMILES string of the molecule is Cc1ccc2c(sc3c2ccc2c4ccccc4cnc23)c1C. The maximum Gasteiger partial charge on any atom is 0.0886 e. The number of hydrogen-bond acceptors (Lipinski definition) is 2. The van der Waals surface area contributed by atoms with E-state index in [4.69, 9.17) is 4.98 Å². The average molecular weight is 313 g/mol. The maximum absolute atomic E-state index is 4.80. The van der Waals surface area contributed by atoms with Crippen LogP contribution in [0.25, 0.3) is 41.8 Å². The molecule has 2 aromatic heterocycles. The van der Waals surface area contributed by atoms with Crippen molar-refractivity contribution in [2.24, 2.45) is 0 Å². The lowest BCUT2D eigenvalue weighted by molar-refractivity contribution is 1.39. The van der Waals surface area contributed by atoms with Crippen molar-refractivity contribution >= 4 is 53.2 Å². The third-order valence-corrected chi connectivity index (χ3v) is 6.23. The molecule has 110 valence electrons. The zero-order chi connectivity index (χ0) is 15.6. The van der Waals surface area contributed by atoms with Crippen LogP contribution in [0.4, 0.5) is 0 Å². The van der Waals surface area contributed by atoms with E-state index in [-0.39, 0.29) is 0 Å². The smallest absolute Gasteiger partial charge is 0.0886 e. The minimum atomic E-state index is 1.12. The summed E-state index contributed by atoms with van der Waals surface area (Å²) in [6.07, 6.45) is 2.00. The zero-order valence-electron chi connectivity index (χ0n) is 13.1. The van der Waals surface area contributed by atoms with E-state index in [1.54, 1.807) is 0 Å². The van der Waals surface area contributed by atoms with Crippen molar-refractivity contribution in [3.63, 3.8) is 0 Å². The Morgan fingerprint density at radius 2 is 1.48 bits per heavy atom. The number of rotatable bonds is 0. The summed E-state index contributed by atoms with van der Waals surface area (Å²) in [7, 11) is 0. The van der Waals surface area contributed by atoms with Gasteiger partial charge in [-0.1, -0.05) is 48.5 Å². The second-order valence-electron chi connectivity index (χ2n) is 6.17. The second-order valence-corrected chi connectivity index (χ2v) is 7.19. The van der Waals surface area contributed by atoms with Gasteiger partial charge < -0.3 is 0 Å². The van der Waals surface area contributed by atoms with Crippen LogP contribution >= 0.6 is 11.3 Å². The fraction of sp³-hybridized carbons (Fsp3) is 0.0952. The molecule has 0 fully saturated rings. The predicted molar refractivity (Wildman–Crippen MR) is 102 cm³/mol. The summed E-state index contributed by atoms with van der Waals surface area (Å²) in [5.41, 5.74) is 3.86. The van der Waals surface area contributed by atoms with Gasteiger partial charge in [0.2, 0.25) is 0 Å². The van der Waals surface area contributed by atoms with Crippen LogP contribution in [0.1, 0.15) is 11.1 Å². The molecular weight excluding hydrogens is 298 g/mol. The van der Waals surface area contributed by atoms with E-state index < -0.39 is 0 Å². The molecule has 0 spiro atoms. The molecule has 0 saturated heterocycles. The van der Waals surface area contributed by atoms with Crippen LogP contribution in [0.2, 0.25) is 0 Å². The predicted octanol–water partition coefficient (Wildman–Crippen LogP) is 6.37. The first-order valence-electron chi connectivity index (χ1n) is 7.83. The molecule has 0 radical (unpaired) electrons. The first-order chi connectivity index (χ1) is 11.2. The van der Waals surface area contributed by atoms with Crippen LogP contribution in [0.3, 0.4) is 0 Å². The molecule has 0 bridgehead atoms. The van der Waals surface area contributed by atoms with Gasteiger partial charge >= 0.3 is 0 Å². The van der Waals surface area contributed by atoms with Crippen LogP contribution < -0.4 is 0 Å². The number of pyridine rings is 1. The second kappa shape index (κ2) is 4.53. The van der Waals surface area contributed by atoms with Gasteiger partial charge in [-0.3, -0.25) is 4.98 Å². The molecule has 3 aromatic carbocycles. The van der Waals surface area contributed by atoms with Gasteiger partial charge in [-0.05, 0) is 30.4 Å². The van der Waals surface area contributed by atoms with Crippen molar-refractivity contribution in [2.75, 3.05) is 0 Å². The third-order valence-electron chi connectivity index (χ3n) is 4.89. The van der Waals surface area contributed by atoms with Gasteiger partial charge in [0, 0.05) is 32.4 Å². The van der Waals surface area contributed by atoms with Crippen LogP contribution in [0, 0.1) is 13.8 Å². The van der Waals surface area contributed by atoms with Crippen molar-refractivity contribution in [1.82, 2.24) is 4.98 Å². The molecule has 0 amide bonds.